The molecule has 2 aromatic rings. The topological polar surface area (TPSA) is 56.3 Å². The second-order valence-corrected chi connectivity index (χ2v) is 4.49. The molecule has 0 saturated carbocycles. The van der Waals surface area contributed by atoms with Gasteiger partial charge in [0.2, 0.25) is 0 Å². The van der Waals surface area contributed by atoms with Gasteiger partial charge in [-0.3, -0.25) is 0 Å². The number of nitrogens with zero attached hydrogens (tertiary/aromatic N) is 2. The first-order valence-corrected chi connectivity index (χ1v) is 6.82. The largest absolute Gasteiger partial charge is 0.493 e. The number of rotatable bonds is 6. The van der Waals surface area contributed by atoms with E-state index in [1.807, 2.05) is 18.2 Å². The first-order valence-electron chi connectivity index (χ1n) is 6.09. The first-order chi connectivity index (χ1) is 9.30. The van der Waals surface area contributed by atoms with Crippen LogP contribution in [0.2, 0.25) is 0 Å². The second-order valence-electron chi connectivity index (χ2n) is 3.96. The number of benzene rings is 1. The van der Waals surface area contributed by atoms with Crippen LogP contribution in [-0.2, 0) is 0 Å². The van der Waals surface area contributed by atoms with Crippen molar-refractivity contribution in [3.05, 3.63) is 18.2 Å². The van der Waals surface area contributed by atoms with Gasteiger partial charge in [-0.2, -0.15) is 8.75 Å². The third kappa shape index (κ3) is 2.96. The molecule has 1 N–H and O–H groups in total. The smallest absolute Gasteiger partial charge is 0.168 e. The summed E-state index contributed by atoms with van der Waals surface area (Å²) < 4.78 is 19.2. The predicted molar refractivity (Wildman–Crippen MR) is 77.2 cm³/mol. The minimum atomic E-state index is 0.689. The zero-order chi connectivity index (χ0) is 13.7. The number of hydrogen-bond acceptors (Lipinski definition) is 6. The van der Waals surface area contributed by atoms with Crippen LogP contribution in [0.5, 0.6) is 11.5 Å². The molecule has 0 aliphatic heterocycles. The molecule has 0 fully saturated rings. The highest BCUT2D eigenvalue weighted by atomic mass is 32.1. The molecule has 1 aromatic heterocycles. The average molecular weight is 279 g/mol. The molecule has 0 aliphatic carbocycles. The molecule has 0 unspecified atom stereocenters. The highest BCUT2D eigenvalue weighted by Gasteiger charge is 2.13. The van der Waals surface area contributed by atoms with Crippen LogP contribution >= 0.6 is 11.7 Å². The molecule has 0 aliphatic rings. The Bertz CT molecular complexity index is 542. The number of ether oxygens (including phenoxy) is 2. The van der Waals surface area contributed by atoms with Gasteiger partial charge in [-0.15, -0.1) is 0 Å². The molecular weight excluding hydrogens is 262 g/mol. The molecule has 0 bridgehead atoms. The van der Waals surface area contributed by atoms with Crippen molar-refractivity contribution in [3.8, 4) is 22.8 Å². The molecule has 0 saturated heterocycles. The summed E-state index contributed by atoms with van der Waals surface area (Å²) in [6.45, 7) is 2.99. The van der Waals surface area contributed by atoms with Gasteiger partial charge in [0.05, 0.1) is 25.9 Å². The highest BCUT2D eigenvalue weighted by Crippen LogP contribution is 2.34. The lowest BCUT2D eigenvalue weighted by atomic mass is 10.1. The standard InChI is InChI=1S/C13H17N3O2S/c1-4-7-14-13-12(15-19-16-13)9-5-6-10(17-2)11(8-9)18-3/h5-6,8H,4,7H2,1-3H3,(H,14,16). The predicted octanol–water partition coefficient (Wildman–Crippen LogP) is 3.04. The molecular formula is C13H17N3O2S. The van der Waals surface area contributed by atoms with Gasteiger partial charge in [0.15, 0.2) is 17.3 Å². The maximum absolute atomic E-state index is 5.31. The van der Waals surface area contributed by atoms with Crippen LogP contribution in [0.3, 0.4) is 0 Å². The van der Waals surface area contributed by atoms with E-state index in [0.29, 0.717) is 11.5 Å². The summed E-state index contributed by atoms with van der Waals surface area (Å²) in [5.41, 5.74) is 1.81. The van der Waals surface area contributed by atoms with Crippen molar-refractivity contribution >= 4 is 17.5 Å². The Morgan fingerprint density at radius 3 is 2.63 bits per heavy atom. The van der Waals surface area contributed by atoms with Gasteiger partial charge < -0.3 is 14.8 Å². The monoisotopic (exact) mass is 279 g/mol. The Balaban J connectivity index is 2.33. The third-order valence-electron chi connectivity index (χ3n) is 2.69. The molecule has 0 amide bonds. The summed E-state index contributed by atoms with van der Waals surface area (Å²) in [6, 6.07) is 5.74. The fourth-order valence-electron chi connectivity index (χ4n) is 1.72. The second kappa shape index (κ2) is 6.38. The molecule has 0 radical (unpaired) electrons. The molecule has 1 heterocycles. The number of hydrogen-bond donors (Lipinski definition) is 1. The van der Waals surface area contributed by atoms with Crippen molar-refractivity contribution in [1.82, 2.24) is 8.75 Å². The fraction of sp³-hybridized carbons (Fsp3) is 0.385. The van der Waals surface area contributed by atoms with E-state index >= 15 is 0 Å². The number of aromatic nitrogens is 2. The van der Waals surface area contributed by atoms with E-state index in [4.69, 9.17) is 9.47 Å². The van der Waals surface area contributed by atoms with Crippen molar-refractivity contribution < 1.29 is 9.47 Å². The van der Waals surface area contributed by atoms with E-state index in [9.17, 15) is 0 Å². The number of methoxy groups -OCH3 is 2. The SMILES string of the molecule is CCCNc1nsnc1-c1ccc(OC)c(OC)c1. The normalized spacial score (nSPS) is 10.3. The lowest BCUT2D eigenvalue weighted by Gasteiger charge is -2.09. The maximum atomic E-state index is 5.31. The van der Waals surface area contributed by atoms with E-state index in [1.165, 1.54) is 11.7 Å². The van der Waals surface area contributed by atoms with Crippen LogP contribution in [0, 0.1) is 0 Å². The Morgan fingerprint density at radius 2 is 1.95 bits per heavy atom. The summed E-state index contributed by atoms with van der Waals surface area (Å²) in [4.78, 5) is 0. The molecule has 0 atom stereocenters. The van der Waals surface area contributed by atoms with Crippen molar-refractivity contribution in [2.75, 3.05) is 26.1 Å². The summed E-state index contributed by atoms with van der Waals surface area (Å²) in [5.74, 6) is 2.21. The van der Waals surface area contributed by atoms with Gasteiger partial charge in [-0.25, -0.2) is 0 Å². The molecule has 1 aromatic carbocycles. The summed E-state index contributed by atoms with van der Waals surface area (Å²) >= 11 is 1.20. The van der Waals surface area contributed by atoms with Crippen molar-refractivity contribution in [3.63, 3.8) is 0 Å². The lowest BCUT2D eigenvalue weighted by molar-refractivity contribution is 0.355. The van der Waals surface area contributed by atoms with E-state index in [0.717, 1.165) is 30.0 Å². The maximum Gasteiger partial charge on any atom is 0.168 e. The van der Waals surface area contributed by atoms with Crippen LogP contribution in [-0.4, -0.2) is 29.5 Å². The highest BCUT2D eigenvalue weighted by molar-refractivity contribution is 6.99. The van der Waals surface area contributed by atoms with Crippen molar-refractivity contribution in [2.45, 2.75) is 13.3 Å². The first kappa shape index (κ1) is 13.6. The Kier molecular flexibility index (Phi) is 4.57. The summed E-state index contributed by atoms with van der Waals surface area (Å²) in [7, 11) is 3.24. The van der Waals surface area contributed by atoms with Gasteiger partial charge in [0.25, 0.3) is 0 Å². The minimum Gasteiger partial charge on any atom is -0.493 e. The summed E-state index contributed by atoms with van der Waals surface area (Å²) in [5, 5.41) is 3.27. The molecule has 6 heteroatoms. The van der Waals surface area contributed by atoms with Gasteiger partial charge in [0, 0.05) is 12.1 Å². The van der Waals surface area contributed by atoms with Crippen LogP contribution in [0.15, 0.2) is 18.2 Å². The zero-order valence-electron chi connectivity index (χ0n) is 11.3. The quantitative estimate of drug-likeness (QED) is 0.880. The van der Waals surface area contributed by atoms with Gasteiger partial charge in [-0.1, -0.05) is 6.92 Å². The van der Waals surface area contributed by atoms with Crippen LogP contribution < -0.4 is 14.8 Å². The third-order valence-corrected chi connectivity index (χ3v) is 3.22. The molecule has 0 spiro atoms. The van der Waals surface area contributed by atoms with Gasteiger partial charge in [-0.05, 0) is 24.6 Å². The Hall–Kier alpha value is -1.82. The van der Waals surface area contributed by atoms with Crippen molar-refractivity contribution in [2.24, 2.45) is 0 Å². The lowest BCUT2D eigenvalue weighted by Crippen LogP contribution is -2.01. The summed E-state index contributed by atoms with van der Waals surface area (Å²) in [6.07, 6.45) is 1.04. The number of nitrogens with one attached hydrogen (secondary N) is 1. The Labute approximate surface area is 116 Å². The van der Waals surface area contributed by atoms with Crippen molar-refractivity contribution in [1.29, 1.82) is 0 Å². The molecule has 5 nitrogen and oxygen atoms in total. The molecule has 19 heavy (non-hydrogen) atoms. The van der Waals surface area contributed by atoms with Crippen LogP contribution in [0.1, 0.15) is 13.3 Å². The van der Waals surface area contributed by atoms with E-state index in [2.05, 4.69) is 21.0 Å². The zero-order valence-corrected chi connectivity index (χ0v) is 12.1. The number of anilines is 1. The van der Waals surface area contributed by atoms with E-state index in [-0.39, 0.29) is 0 Å². The molecule has 2 rings (SSSR count). The average Bonchev–Trinajstić information content (AvgIpc) is 2.92. The van der Waals surface area contributed by atoms with Gasteiger partial charge >= 0.3 is 0 Å². The van der Waals surface area contributed by atoms with Crippen LogP contribution in [0.25, 0.3) is 11.3 Å². The van der Waals surface area contributed by atoms with E-state index < -0.39 is 0 Å². The fourth-order valence-corrected chi connectivity index (χ4v) is 2.27. The Morgan fingerprint density at radius 1 is 1.16 bits per heavy atom. The minimum absolute atomic E-state index is 0.689. The van der Waals surface area contributed by atoms with E-state index in [1.54, 1.807) is 14.2 Å². The van der Waals surface area contributed by atoms with Crippen LogP contribution in [0.4, 0.5) is 5.82 Å². The van der Waals surface area contributed by atoms with Gasteiger partial charge in [0.1, 0.15) is 5.69 Å². The molecule has 102 valence electrons.